The SMILES string of the molecule is CCOC(=O)c1cc2c(=O)n3ccccc3nc2n(CCOC)c1=NC(=O)c1cccc(Br)c1. The fraction of sp³-hybridized carbons (Fsp3) is 0.208. The van der Waals surface area contributed by atoms with Crippen LogP contribution in [0.5, 0.6) is 0 Å². The highest BCUT2D eigenvalue weighted by Crippen LogP contribution is 2.14. The molecule has 0 radical (unpaired) electrons. The Morgan fingerprint density at radius 3 is 2.71 bits per heavy atom. The van der Waals surface area contributed by atoms with Crippen LogP contribution in [-0.2, 0) is 16.0 Å². The van der Waals surface area contributed by atoms with Gasteiger partial charge in [-0.15, -0.1) is 0 Å². The van der Waals surface area contributed by atoms with E-state index in [2.05, 4.69) is 25.9 Å². The van der Waals surface area contributed by atoms with Gasteiger partial charge in [0, 0.05) is 29.9 Å². The molecule has 9 nitrogen and oxygen atoms in total. The summed E-state index contributed by atoms with van der Waals surface area (Å²) in [5.41, 5.74) is 0.696. The summed E-state index contributed by atoms with van der Waals surface area (Å²) in [6, 6.07) is 13.3. The Morgan fingerprint density at radius 2 is 1.97 bits per heavy atom. The molecule has 0 N–H and O–H groups in total. The minimum atomic E-state index is -0.700. The van der Waals surface area contributed by atoms with Crippen molar-refractivity contribution in [3.63, 3.8) is 0 Å². The van der Waals surface area contributed by atoms with E-state index in [1.165, 1.54) is 17.6 Å². The number of benzene rings is 1. The molecular formula is C24H21BrN4O5. The van der Waals surface area contributed by atoms with Gasteiger partial charge in [-0.1, -0.05) is 28.1 Å². The lowest BCUT2D eigenvalue weighted by atomic mass is 10.2. The third-order valence-electron chi connectivity index (χ3n) is 5.08. The Hall–Kier alpha value is -3.63. The van der Waals surface area contributed by atoms with Crippen LogP contribution in [-0.4, -0.2) is 46.2 Å². The molecule has 0 aliphatic heterocycles. The first-order valence-corrected chi connectivity index (χ1v) is 11.3. The minimum Gasteiger partial charge on any atom is -0.462 e. The predicted molar refractivity (Wildman–Crippen MR) is 129 cm³/mol. The Morgan fingerprint density at radius 1 is 1.15 bits per heavy atom. The normalized spacial score (nSPS) is 11.8. The molecule has 10 heteroatoms. The van der Waals surface area contributed by atoms with E-state index in [9.17, 15) is 14.4 Å². The molecule has 3 aromatic heterocycles. The van der Waals surface area contributed by atoms with Crippen molar-refractivity contribution in [1.82, 2.24) is 14.0 Å². The zero-order valence-electron chi connectivity index (χ0n) is 18.5. The van der Waals surface area contributed by atoms with Crippen molar-refractivity contribution in [2.24, 2.45) is 4.99 Å². The quantitative estimate of drug-likeness (QED) is 0.283. The van der Waals surface area contributed by atoms with Gasteiger partial charge in [0.15, 0.2) is 5.49 Å². The van der Waals surface area contributed by atoms with E-state index in [0.717, 1.165) is 0 Å². The number of nitrogens with zero attached hydrogens (tertiary/aromatic N) is 4. The monoisotopic (exact) mass is 524 g/mol. The summed E-state index contributed by atoms with van der Waals surface area (Å²) in [4.78, 5) is 48.2. The van der Waals surface area contributed by atoms with Crippen LogP contribution in [0.4, 0.5) is 0 Å². The van der Waals surface area contributed by atoms with Crippen LogP contribution in [0.15, 0.2) is 69.0 Å². The van der Waals surface area contributed by atoms with E-state index in [4.69, 9.17) is 9.47 Å². The second-order valence-electron chi connectivity index (χ2n) is 7.26. The molecule has 0 atom stereocenters. The number of hydrogen-bond acceptors (Lipinski definition) is 6. The molecule has 0 saturated heterocycles. The molecular weight excluding hydrogens is 504 g/mol. The molecule has 1 aromatic carbocycles. The zero-order chi connectivity index (χ0) is 24.2. The highest BCUT2D eigenvalue weighted by molar-refractivity contribution is 9.10. The van der Waals surface area contributed by atoms with Crippen LogP contribution in [0, 0.1) is 0 Å². The number of pyridine rings is 2. The highest BCUT2D eigenvalue weighted by Gasteiger charge is 2.20. The van der Waals surface area contributed by atoms with E-state index in [-0.39, 0.29) is 47.4 Å². The molecule has 0 saturated carbocycles. The number of aromatic nitrogens is 3. The van der Waals surface area contributed by atoms with Gasteiger partial charge in [-0.05, 0) is 43.3 Å². The smallest absolute Gasteiger partial charge is 0.341 e. The van der Waals surface area contributed by atoms with Gasteiger partial charge >= 0.3 is 5.97 Å². The van der Waals surface area contributed by atoms with E-state index < -0.39 is 11.9 Å². The maximum Gasteiger partial charge on any atom is 0.341 e. The molecule has 0 aliphatic carbocycles. The number of carbonyl (C=O) groups excluding carboxylic acids is 2. The predicted octanol–water partition coefficient (Wildman–Crippen LogP) is 2.98. The van der Waals surface area contributed by atoms with Gasteiger partial charge in [0.25, 0.3) is 11.5 Å². The highest BCUT2D eigenvalue weighted by atomic mass is 79.9. The van der Waals surface area contributed by atoms with Gasteiger partial charge < -0.3 is 14.0 Å². The Balaban J connectivity index is 2.11. The van der Waals surface area contributed by atoms with Gasteiger partial charge in [0.2, 0.25) is 0 Å². The lowest BCUT2D eigenvalue weighted by Gasteiger charge is -2.15. The lowest BCUT2D eigenvalue weighted by Crippen LogP contribution is -2.33. The molecule has 0 spiro atoms. The number of fused-ring (bicyclic) bond motifs is 2. The Labute approximate surface area is 202 Å². The maximum atomic E-state index is 13.3. The van der Waals surface area contributed by atoms with Crippen LogP contribution in [0.3, 0.4) is 0 Å². The van der Waals surface area contributed by atoms with Crippen LogP contribution in [0.2, 0.25) is 0 Å². The van der Waals surface area contributed by atoms with Crippen LogP contribution < -0.4 is 11.0 Å². The minimum absolute atomic E-state index is 0.0106. The van der Waals surface area contributed by atoms with Crippen molar-refractivity contribution in [3.05, 3.63) is 86.2 Å². The van der Waals surface area contributed by atoms with Crippen molar-refractivity contribution < 1.29 is 19.1 Å². The summed E-state index contributed by atoms with van der Waals surface area (Å²) in [6.07, 6.45) is 1.60. The van der Waals surface area contributed by atoms with Crippen molar-refractivity contribution >= 4 is 44.5 Å². The average Bonchev–Trinajstić information content (AvgIpc) is 2.83. The number of halogens is 1. The van der Waals surface area contributed by atoms with Crippen LogP contribution in [0.1, 0.15) is 27.6 Å². The number of carbonyl (C=O) groups is 2. The van der Waals surface area contributed by atoms with Crippen LogP contribution in [0.25, 0.3) is 16.7 Å². The topological polar surface area (TPSA) is 104 Å². The van der Waals surface area contributed by atoms with Crippen LogP contribution >= 0.6 is 15.9 Å². The van der Waals surface area contributed by atoms with Gasteiger partial charge in [0.05, 0.1) is 18.6 Å². The number of methoxy groups -OCH3 is 1. The third-order valence-corrected chi connectivity index (χ3v) is 5.58. The number of esters is 1. The fourth-order valence-corrected chi connectivity index (χ4v) is 3.93. The first kappa shape index (κ1) is 23.5. The summed E-state index contributed by atoms with van der Waals surface area (Å²) >= 11 is 3.35. The largest absolute Gasteiger partial charge is 0.462 e. The molecule has 1 amide bonds. The molecule has 0 aliphatic rings. The van der Waals surface area contributed by atoms with E-state index in [1.54, 1.807) is 60.2 Å². The first-order chi connectivity index (χ1) is 16.4. The standard InChI is InChI=1S/C24H21BrN4O5/c1-3-34-24(32)18-14-17-20(26-19-9-4-5-10-28(19)23(17)31)29(11-12-33-2)21(18)27-22(30)15-7-6-8-16(25)13-15/h4-10,13-14H,3,11-12H2,1-2H3. The second-order valence-corrected chi connectivity index (χ2v) is 8.17. The second kappa shape index (κ2) is 10.1. The molecule has 4 aromatic rings. The zero-order valence-corrected chi connectivity index (χ0v) is 20.1. The summed E-state index contributed by atoms with van der Waals surface area (Å²) in [7, 11) is 1.53. The maximum absolute atomic E-state index is 13.3. The van der Waals surface area contributed by atoms with Crippen molar-refractivity contribution in [2.75, 3.05) is 20.3 Å². The molecule has 34 heavy (non-hydrogen) atoms. The fourth-order valence-electron chi connectivity index (χ4n) is 3.53. The molecule has 0 unspecified atom stereocenters. The number of amides is 1. The lowest BCUT2D eigenvalue weighted by molar-refractivity contribution is 0.0523. The first-order valence-electron chi connectivity index (χ1n) is 10.5. The molecule has 0 bridgehead atoms. The number of rotatable bonds is 6. The molecule has 4 rings (SSSR count). The van der Waals surface area contributed by atoms with Crippen molar-refractivity contribution in [3.8, 4) is 0 Å². The van der Waals surface area contributed by atoms with Crippen molar-refractivity contribution in [1.29, 1.82) is 0 Å². The summed E-state index contributed by atoms with van der Waals surface area (Å²) < 4.78 is 14.1. The molecule has 0 fully saturated rings. The van der Waals surface area contributed by atoms with Gasteiger partial charge in [-0.25, -0.2) is 9.78 Å². The number of hydrogen-bond donors (Lipinski definition) is 0. The van der Waals surface area contributed by atoms with E-state index >= 15 is 0 Å². The molecule has 174 valence electrons. The van der Waals surface area contributed by atoms with E-state index in [1.807, 2.05) is 0 Å². The Bertz CT molecular complexity index is 1540. The summed E-state index contributed by atoms with van der Waals surface area (Å²) in [5.74, 6) is -1.26. The van der Waals surface area contributed by atoms with Gasteiger partial charge in [-0.2, -0.15) is 4.99 Å². The average molecular weight is 525 g/mol. The third kappa shape index (κ3) is 4.55. The van der Waals surface area contributed by atoms with Gasteiger partial charge in [0.1, 0.15) is 16.9 Å². The Kier molecular flexibility index (Phi) is 6.99. The van der Waals surface area contributed by atoms with E-state index in [0.29, 0.717) is 15.7 Å². The number of ether oxygens (including phenoxy) is 2. The summed E-state index contributed by atoms with van der Waals surface area (Å²) in [6.45, 7) is 2.21. The van der Waals surface area contributed by atoms with Crippen molar-refractivity contribution in [2.45, 2.75) is 13.5 Å². The summed E-state index contributed by atoms with van der Waals surface area (Å²) in [5, 5.41) is 0.191. The van der Waals surface area contributed by atoms with Gasteiger partial charge in [-0.3, -0.25) is 14.0 Å². The molecule has 3 heterocycles.